The molecule has 0 saturated carbocycles. The Labute approximate surface area is 187 Å². The van der Waals surface area contributed by atoms with Crippen LogP contribution in [0.25, 0.3) is 0 Å². The maximum absolute atomic E-state index is 13.8. The van der Waals surface area contributed by atoms with Gasteiger partial charge in [0.1, 0.15) is 11.9 Å². The Morgan fingerprint density at radius 2 is 1.91 bits per heavy atom. The van der Waals surface area contributed by atoms with Crippen LogP contribution in [0.15, 0.2) is 41.3 Å². The monoisotopic (exact) mass is 459 g/mol. The van der Waals surface area contributed by atoms with Gasteiger partial charge < -0.3 is 10.2 Å². The highest BCUT2D eigenvalue weighted by atomic mass is 32.2. The number of nitrogens with one attached hydrogen (secondary N) is 1. The molecule has 0 aliphatic carbocycles. The third-order valence-electron chi connectivity index (χ3n) is 6.39. The molecule has 0 spiro atoms. The summed E-state index contributed by atoms with van der Waals surface area (Å²) in [6, 6.07) is 8.11. The van der Waals surface area contributed by atoms with Gasteiger partial charge in [0.25, 0.3) is 0 Å². The number of rotatable bonds is 4. The van der Waals surface area contributed by atoms with Crippen LogP contribution in [0.5, 0.6) is 0 Å². The van der Waals surface area contributed by atoms with Crippen LogP contribution < -0.4 is 10.2 Å². The first kappa shape index (κ1) is 22.4. The lowest BCUT2D eigenvalue weighted by Crippen LogP contribution is -2.43. The van der Waals surface area contributed by atoms with Crippen molar-refractivity contribution in [1.82, 2.24) is 4.31 Å². The van der Waals surface area contributed by atoms with Gasteiger partial charge >= 0.3 is 0 Å². The van der Waals surface area contributed by atoms with Gasteiger partial charge in [0.2, 0.25) is 21.8 Å². The zero-order chi connectivity index (χ0) is 23.4. The van der Waals surface area contributed by atoms with E-state index in [1.807, 2.05) is 0 Å². The van der Waals surface area contributed by atoms with Crippen molar-refractivity contribution in [2.75, 3.05) is 23.8 Å². The fraction of sp³-hybridized carbons (Fsp3) is 0.391. The topological polar surface area (TPSA) is 86.8 Å². The van der Waals surface area contributed by atoms with Gasteiger partial charge in [0.15, 0.2) is 0 Å². The van der Waals surface area contributed by atoms with Gasteiger partial charge in [-0.05, 0) is 75.1 Å². The van der Waals surface area contributed by atoms with Crippen molar-refractivity contribution >= 4 is 33.2 Å². The molecule has 0 bridgehead atoms. The molecule has 2 heterocycles. The van der Waals surface area contributed by atoms with Gasteiger partial charge in [0, 0.05) is 25.0 Å². The van der Waals surface area contributed by atoms with Crippen LogP contribution in [0.1, 0.15) is 37.8 Å². The molecular weight excluding hydrogens is 433 g/mol. The number of nitrogens with zero attached hydrogens (tertiary/aromatic N) is 2. The Morgan fingerprint density at radius 3 is 2.59 bits per heavy atom. The Bertz CT molecular complexity index is 1230. The molecule has 1 unspecified atom stereocenters. The standard InChI is InChI=1S/C23H26FN3O4S/c1-14-7-8-15(12-18(14)24)25-21(28)20-6-5-11-27(20)32(30,31)16-9-10-19-17(13-16)23(2,3)22(29)26(19)4/h7-10,12-13,20H,5-6,11H2,1-4H3,(H,25,28). The average molecular weight is 460 g/mol. The maximum Gasteiger partial charge on any atom is 0.243 e. The summed E-state index contributed by atoms with van der Waals surface area (Å²) < 4.78 is 42.0. The van der Waals surface area contributed by atoms with Crippen LogP contribution in [0.4, 0.5) is 15.8 Å². The summed E-state index contributed by atoms with van der Waals surface area (Å²) in [7, 11) is -2.31. The molecule has 32 heavy (non-hydrogen) atoms. The lowest BCUT2D eigenvalue weighted by atomic mass is 9.86. The average Bonchev–Trinajstić information content (AvgIpc) is 3.31. The van der Waals surface area contributed by atoms with Crippen LogP contribution in [-0.4, -0.2) is 44.2 Å². The number of hydrogen-bond donors (Lipinski definition) is 1. The van der Waals surface area contributed by atoms with Crippen molar-refractivity contribution in [2.45, 2.75) is 50.0 Å². The van der Waals surface area contributed by atoms with Crippen molar-refractivity contribution < 1.29 is 22.4 Å². The van der Waals surface area contributed by atoms with E-state index in [1.54, 1.807) is 46.0 Å². The first-order chi connectivity index (χ1) is 14.9. The van der Waals surface area contributed by atoms with Crippen LogP contribution in [0.3, 0.4) is 0 Å². The fourth-order valence-corrected chi connectivity index (χ4v) is 6.12. The lowest BCUT2D eigenvalue weighted by molar-refractivity contribution is -0.122. The number of sulfonamides is 1. The molecule has 0 aromatic heterocycles. The van der Waals surface area contributed by atoms with Crippen LogP contribution in [0.2, 0.25) is 0 Å². The van der Waals surface area contributed by atoms with Crippen LogP contribution >= 0.6 is 0 Å². The molecular formula is C23H26FN3O4S. The number of aryl methyl sites for hydroxylation is 1. The zero-order valence-corrected chi connectivity index (χ0v) is 19.3. The summed E-state index contributed by atoms with van der Waals surface area (Å²) in [5.41, 5.74) is 1.21. The fourth-order valence-electron chi connectivity index (χ4n) is 4.43. The first-order valence-electron chi connectivity index (χ1n) is 10.5. The molecule has 1 N–H and O–H groups in total. The third kappa shape index (κ3) is 3.49. The summed E-state index contributed by atoms with van der Waals surface area (Å²) in [5.74, 6) is -1.05. The van der Waals surface area contributed by atoms with Crippen LogP contribution in [0, 0.1) is 12.7 Å². The highest BCUT2D eigenvalue weighted by molar-refractivity contribution is 7.89. The summed E-state index contributed by atoms with van der Waals surface area (Å²) in [4.78, 5) is 27.0. The van der Waals surface area contributed by atoms with E-state index in [4.69, 9.17) is 0 Å². The van der Waals surface area contributed by atoms with Gasteiger partial charge in [0.05, 0.1) is 10.3 Å². The largest absolute Gasteiger partial charge is 0.325 e. The zero-order valence-electron chi connectivity index (χ0n) is 18.5. The molecule has 0 radical (unpaired) electrons. The van der Waals surface area contributed by atoms with E-state index in [-0.39, 0.29) is 23.0 Å². The highest BCUT2D eigenvalue weighted by Gasteiger charge is 2.44. The van der Waals surface area contributed by atoms with E-state index in [1.165, 1.54) is 27.4 Å². The molecule has 2 aliphatic rings. The van der Waals surface area contributed by atoms with E-state index >= 15 is 0 Å². The summed E-state index contributed by atoms with van der Waals surface area (Å²) in [6.45, 7) is 5.36. The van der Waals surface area contributed by atoms with Crippen LogP contribution in [-0.2, 0) is 25.0 Å². The van der Waals surface area contributed by atoms with Gasteiger partial charge in [-0.15, -0.1) is 0 Å². The normalized spacial score (nSPS) is 20.5. The third-order valence-corrected chi connectivity index (χ3v) is 8.30. The van der Waals surface area contributed by atoms with Crippen molar-refractivity contribution in [3.8, 4) is 0 Å². The maximum atomic E-state index is 13.8. The van der Waals surface area contributed by atoms with Crippen molar-refractivity contribution in [1.29, 1.82) is 0 Å². The molecule has 2 amide bonds. The molecule has 2 aromatic carbocycles. The number of hydrogen-bond acceptors (Lipinski definition) is 4. The van der Waals surface area contributed by atoms with E-state index < -0.39 is 33.2 Å². The number of benzene rings is 2. The molecule has 1 saturated heterocycles. The lowest BCUT2D eigenvalue weighted by Gasteiger charge is -2.24. The van der Waals surface area contributed by atoms with E-state index in [0.717, 1.165) is 0 Å². The second-order valence-corrected chi connectivity index (χ2v) is 10.8. The quantitative estimate of drug-likeness (QED) is 0.761. The molecule has 4 rings (SSSR count). The summed E-state index contributed by atoms with van der Waals surface area (Å²) in [5, 5.41) is 2.64. The van der Waals surface area contributed by atoms with E-state index in [2.05, 4.69) is 5.32 Å². The number of amides is 2. The number of anilines is 2. The Balaban J connectivity index is 1.62. The van der Waals surface area contributed by atoms with Gasteiger partial charge in [-0.1, -0.05) is 6.07 Å². The number of carbonyl (C=O) groups excluding carboxylic acids is 2. The first-order valence-corrected chi connectivity index (χ1v) is 11.9. The minimum absolute atomic E-state index is 0.0495. The molecule has 9 heteroatoms. The minimum atomic E-state index is -3.98. The minimum Gasteiger partial charge on any atom is -0.325 e. The summed E-state index contributed by atoms with van der Waals surface area (Å²) in [6.07, 6.45) is 0.911. The van der Waals surface area contributed by atoms with Gasteiger partial charge in [-0.3, -0.25) is 9.59 Å². The number of carbonyl (C=O) groups is 2. The SMILES string of the molecule is Cc1ccc(NC(=O)C2CCCN2S(=O)(=O)c2ccc3c(c2)C(C)(C)C(=O)N3C)cc1F. The molecule has 2 aliphatic heterocycles. The van der Waals surface area contributed by atoms with Crippen molar-refractivity contribution in [2.24, 2.45) is 0 Å². The Hall–Kier alpha value is -2.78. The van der Waals surface area contributed by atoms with E-state index in [9.17, 15) is 22.4 Å². The molecule has 7 nitrogen and oxygen atoms in total. The number of halogens is 1. The van der Waals surface area contributed by atoms with Crippen molar-refractivity contribution in [3.63, 3.8) is 0 Å². The van der Waals surface area contributed by atoms with Gasteiger partial charge in [-0.25, -0.2) is 12.8 Å². The smallest absolute Gasteiger partial charge is 0.243 e. The predicted molar refractivity (Wildman–Crippen MR) is 120 cm³/mol. The predicted octanol–water partition coefficient (Wildman–Crippen LogP) is 3.18. The van der Waals surface area contributed by atoms with E-state index in [0.29, 0.717) is 29.7 Å². The molecule has 2 aromatic rings. The molecule has 1 fully saturated rings. The van der Waals surface area contributed by atoms with Crippen molar-refractivity contribution in [3.05, 3.63) is 53.3 Å². The Kier molecular flexibility index (Phi) is 5.37. The number of likely N-dealkylation sites (N-methyl/N-ethyl adjacent to an activating group) is 1. The molecule has 170 valence electrons. The summed E-state index contributed by atoms with van der Waals surface area (Å²) >= 11 is 0. The Morgan fingerprint density at radius 1 is 1.19 bits per heavy atom. The number of fused-ring (bicyclic) bond motifs is 1. The molecule has 1 atom stereocenters. The highest BCUT2D eigenvalue weighted by Crippen LogP contribution is 2.42. The second-order valence-electron chi connectivity index (χ2n) is 8.90. The second kappa shape index (κ2) is 7.67. The van der Waals surface area contributed by atoms with Gasteiger partial charge in [-0.2, -0.15) is 4.31 Å².